The van der Waals surface area contributed by atoms with E-state index >= 15 is 0 Å². The summed E-state index contributed by atoms with van der Waals surface area (Å²) in [5.74, 6) is -0.854. The molecule has 0 unspecified atom stereocenters. The molecule has 22 nitrogen and oxygen atoms in total. The van der Waals surface area contributed by atoms with Gasteiger partial charge in [-0.2, -0.15) is 21.0 Å². The number of nitrogen functional groups attached to an aromatic ring is 2. The van der Waals surface area contributed by atoms with Crippen molar-refractivity contribution in [2.75, 3.05) is 73.7 Å². The Morgan fingerprint density at radius 2 is 1.11 bits per heavy atom. The summed E-state index contributed by atoms with van der Waals surface area (Å²) in [6.45, 7) is 11.5. The van der Waals surface area contributed by atoms with E-state index in [4.69, 9.17) is 29.4 Å². The first kappa shape index (κ1) is 52.3. The number of nitrogens with two attached hydrogens (primary N) is 2. The van der Waals surface area contributed by atoms with Crippen LogP contribution in [0.25, 0.3) is 0 Å². The number of carbonyl (C=O) groups excluding carboxylic acids is 2. The molecule has 4 heterocycles. The number of carbonyl (C=O) groups is 2. The summed E-state index contributed by atoms with van der Waals surface area (Å²) in [6, 6.07) is 16.0. The van der Waals surface area contributed by atoms with Crippen molar-refractivity contribution < 1.29 is 37.3 Å². The fraction of sp³-hybridized carbons (Fsp3) is 0.476. The van der Waals surface area contributed by atoms with Crippen LogP contribution in [0, 0.1) is 27.2 Å². The summed E-state index contributed by atoms with van der Waals surface area (Å²) in [6.07, 6.45) is 4.84. The molecule has 66 heavy (non-hydrogen) atoms. The van der Waals surface area contributed by atoms with Crippen LogP contribution >= 0.6 is 12.6 Å². The first-order chi connectivity index (χ1) is 31.7. The van der Waals surface area contributed by atoms with Gasteiger partial charge in [-0.25, -0.2) is 19.9 Å². The van der Waals surface area contributed by atoms with E-state index in [1.165, 1.54) is 35.5 Å². The Morgan fingerprint density at radius 1 is 0.712 bits per heavy atom. The van der Waals surface area contributed by atoms with Gasteiger partial charge in [0.1, 0.15) is 24.7 Å². The molecule has 4 N–H and O–H groups in total. The first-order valence-corrected chi connectivity index (χ1v) is 22.5. The van der Waals surface area contributed by atoms with Crippen molar-refractivity contribution in [1.82, 2.24) is 29.7 Å². The van der Waals surface area contributed by atoms with E-state index in [1.54, 1.807) is 20.8 Å². The van der Waals surface area contributed by atoms with Gasteiger partial charge in [0.05, 0.1) is 28.8 Å². The molecule has 2 aliphatic rings. The maximum atomic E-state index is 12.3. The molecule has 6 rings (SSSR count). The van der Waals surface area contributed by atoms with E-state index in [2.05, 4.69) is 60.6 Å². The number of aryl methyl sites for hydroxylation is 1. The van der Waals surface area contributed by atoms with Gasteiger partial charge in [0.15, 0.2) is 0 Å². The third-order valence-corrected chi connectivity index (χ3v) is 10.5. The number of hydrogen-bond donors (Lipinski definition) is 3. The number of hydrogen-bond acceptors (Lipinski definition) is 21. The molecule has 356 valence electrons. The average Bonchev–Trinajstić information content (AvgIpc) is 3.98. The van der Waals surface area contributed by atoms with E-state index in [1.807, 2.05) is 30.3 Å². The molecule has 2 fully saturated rings. The third-order valence-electron chi connectivity index (χ3n) is 10.2. The van der Waals surface area contributed by atoms with E-state index in [9.17, 15) is 29.8 Å². The number of aromatic nitrogens is 4. The molecule has 0 radical (unpaired) electrons. The van der Waals surface area contributed by atoms with Gasteiger partial charge >= 0.3 is 34.9 Å². The molecule has 0 spiro atoms. The molecule has 0 aliphatic carbocycles. The second-order valence-electron chi connectivity index (χ2n) is 15.2. The Hall–Kier alpha value is -6.37. The van der Waals surface area contributed by atoms with Gasteiger partial charge in [-0.05, 0) is 94.9 Å². The Morgan fingerprint density at radius 3 is 1.50 bits per heavy atom. The summed E-state index contributed by atoms with van der Waals surface area (Å²) < 4.78 is 26.7. The molecular formula is C42H56N12O10S2. The molecule has 4 aromatic rings. The molecule has 2 aliphatic heterocycles. The van der Waals surface area contributed by atoms with Crippen molar-refractivity contribution >= 4 is 70.8 Å². The number of anilines is 4. The molecule has 0 atom stereocenters. The molecule has 2 aromatic carbocycles. The molecule has 24 heteroatoms. The lowest BCUT2D eigenvalue weighted by Crippen LogP contribution is -2.32. The lowest BCUT2D eigenvalue weighted by atomic mass is 10.1. The van der Waals surface area contributed by atoms with Crippen LogP contribution in [0.5, 0.6) is 0 Å². The van der Waals surface area contributed by atoms with Crippen molar-refractivity contribution in [1.29, 1.82) is 0 Å². The van der Waals surface area contributed by atoms with Crippen LogP contribution in [0.4, 0.5) is 34.6 Å². The van der Waals surface area contributed by atoms with Crippen molar-refractivity contribution in [2.24, 2.45) is 0 Å². The van der Waals surface area contributed by atoms with Gasteiger partial charge in [0.2, 0.25) is 23.3 Å². The number of nitro groups is 2. The van der Waals surface area contributed by atoms with Crippen LogP contribution in [0.1, 0.15) is 73.4 Å². The van der Waals surface area contributed by atoms with Gasteiger partial charge in [0, 0.05) is 26.2 Å². The minimum atomic E-state index is -0.750. The Bertz CT molecular complexity index is 2330. The normalized spacial score (nSPS) is 13.4. The number of rotatable bonds is 19. The number of benzene rings is 2. The fourth-order valence-corrected chi connectivity index (χ4v) is 7.71. The van der Waals surface area contributed by atoms with Crippen LogP contribution in [-0.4, -0.2) is 112 Å². The molecule has 0 saturated carbocycles. The number of esters is 2. The van der Waals surface area contributed by atoms with Crippen molar-refractivity contribution in [3.63, 3.8) is 0 Å². The lowest BCUT2D eigenvalue weighted by molar-refractivity contribution is -0.383. The van der Waals surface area contributed by atoms with Gasteiger partial charge in [0.25, 0.3) is 0 Å². The van der Waals surface area contributed by atoms with Crippen LogP contribution in [0.2, 0.25) is 0 Å². The predicted octanol–water partition coefficient (Wildman–Crippen LogP) is 4.33. The quantitative estimate of drug-likeness (QED) is 0.0510. The second-order valence-corrected chi connectivity index (χ2v) is 15.6. The van der Waals surface area contributed by atoms with Gasteiger partial charge in [-0.15, -0.1) is 0 Å². The van der Waals surface area contributed by atoms with Crippen LogP contribution in [0.15, 0.2) is 48.5 Å². The minimum Gasteiger partial charge on any atom is -0.465 e. The largest absolute Gasteiger partial charge is 0.465 e. The topological polar surface area (TPSA) is 290 Å². The van der Waals surface area contributed by atoms with Gasteiger partial charge in [-0.3, -0.25) is 39.6 Å². The standard InChI is InChI=1S/C21H28N6O4S.C21H28N6O4.O2S/c1-2-31-18(28)13-26(21-19(27(29)30)20(22)23-17(14-32)24-21)12-16-7-5-6-15(10-16)11-25-8-3-4-9-25;1-3-31-18(28)14-26(21-19(27(29)30)20(22)23-15(2)24-21)13-17-8-6-7-16(11-17)12-25-9-4-5-10-25;1-3-2/h5-7,10,32H,2-4,8-9,11-14H2,1H3,(H2,22,23,24);6-8,11H,3-5,9-10,12-14H2,1-2H3,(H2,22,23,24);. The summed E-state index contributed by atoms with van der Waals surface area (Å²) in [5.41, 5.74) is 14.9. The van der Waals surface area contributed by atoms with E-state index in [0.29, 0.717) is 0 Å². The molecular weight excluding hydrogens is 897 g/mol. The summed E-state index contributed by atoms with van der Waals surface area (Å²) in [5, 5.41) is 23.4. The number of ether oxygens (including phenoxy) is 2. The van der Waals surface area contributed by atoms with Gasteiger partial charge in [-0.1, -0.05) is 48.5 Å². The van der Waals surface area contributed by atoms with Crippen molar-refractivity contribution in [3.05, 3.63) is 103 Å². The molecule has 0 amide bonds. The van der Waals surface area contributed by atoms with Gasteiger partial charge < -0.3 is 30.7 Å². The number of thiol groups is 1. The highest BCUT2D eigenvalue weighted by Crippen LogP contribution is 2.34. The van der Waals surface area contributed by atoms with E-state index in [-0.39, 0.29) is 80.1 Å². The summed E-state index contributed by atoms with van der Waals surface area (Å²) in [7, 11) is 0. The lowest BCUT2D eigenvalue weighted by Gasteiger charge is -2.24. The highest BCUT2D eigenvalue weighted by atomic mass is 32.1. The minimum absolute atomic E-state index is 0.00741. The van der Waals surface area contributed by atoms with Crippen LogP contribution in [-0.2, 0) is 62.6 Å². The van der Waals surface area contributed by atoms with Crippen LogP contribution in [0.3, 0.4) is 0 Å². The second kappa shape index (κ2) is 26.6. The zero-order valence-corrected chi connectivity index (χ0v) is 38.9. The molecule has 2 aromatic heterocycles. The smallest absolute Gasteiger partial charge is 0.353 e. The molecule has 2 saturated heterocycles. The third kappa shape index (κ3) is 16.0. The average molecular weight is 953 g/mol. The van der Waals surface area contributed by atoms with Crippen molar-refractivity contribution in [2.45, 2.75) is 78.4 Å². The highest BCUT2D eigenvalue weighted by molar-refractivity contribution is 7.79. The Kier molecular flexibility index (Phi) is 21.0. The zero-order chi connectivity index (χ0) is 48.2. The number of likely N-dealkylation sites (tertiary alicyclic amines) is 2. The fourth-order valence-electron chi connectivity index (χ4n) is 7.57. The predicted molar refractivity (Wildman–Crippen MR) is 250 cm³/mol. The SMILES string of the molecule is CCOC(=O)CN(Cc1cccc(CN2CCCC2)c1)c1nc(C)nc(N)c1[N+](=O)[O-].CCOC(=O)CN(Cc1cccc(CN2CCCC2)c1)c1nc(CS)nc(N)c1[N+](=O)[O-].O=S=O. The monoisotopic (exact) mass is 952 g/mol. The Labute approximate surface area is 391 Å². The Balaban J connectivity index is 0.000000272. The zero-order valence-electron chi connectivity index (χ0n) is 37.2. The summed E-state index contributed by atoms with van der Waals surface area (Å²) in [4.78, 5) is 70.9. The van der Waals surface area contributed by atoms with Crippen molar-refractivity contribution in [3.8, 4) is 0 Å². The van der Waals surface area contributed by atoms with E-state index in [0.717, 1.165) is 61.5 Å². The maximum absolute atomic E-state index is 12.3. The summed E-state index contributed by atoms with van der Waals surface area (Å²) >= 11 is 3.42. The van der Waals surface area contributed by atoms with E-state index < -0.39 is 44.7 Å². The first-order valence-electron chi connectivity index (χ1n) is 21.2. The number of nitrogens with zero attached hydrogens (tertiary/aromatic N) is 10. The molecule has 0 bridgehead atoms. The highest BCUT2D eigenvalue weighted by Gasteiger charge is 2.30. The van der Waals surface area contributed by atoms with Crippen LogP contribution < -0.4 is 21.3 Å². The maximum Gasteiger partial charge on any atom is 0.353 e.